The van der Waals surface area contributed by atoms with Crippen molar-refractivity contribution in [1.82, 2.24) is 0 Å². The van der Waals surface area contributed by atoms with E-state index in [0.29, 0.717) is 18.7 Å². The third-order valence-corrected chi connectivity index (χ3v) is 2.51. The average Bonchev–Trinajstić information content (AvgIpc) is 2.29. The zero-order valence-corrected chi connectivity index (χ0v) is 9.37. The first-order chi connectivity index (χ1) is 7.65. The summed E-state index contributed by atoms with van der Waals surface area (Å²) in [6.07, 6.45) is 1.29. The highest BCUT2D eigenvalue weighted by atomic mass is 19.1. The van der Waals surface area contributed by atoms with Crippen LogP contribution in [0.15, 0.2) is 24.3 Å². The van der Waals surface area contributed by atoms with Crippen molar-refractivity contribution in [2.24, 2.45) is 11.7 Å². The Balaban J connectivity index is 2.48. The van der Waals surface area contributed by atoms with Gasteiger partial charge in [0.1, 0.15) is 5.82 Å². The van der Waals surface area contributed by atoms with Gasteiger partial charge in [0.2, 0.25) is 5.91 Å². The minimum Gasteiger partial charge on any atom is -0.330 e. The summed E-state index contributed by atoms with van der Waals surface area (Å²) >= 11 is 0. The van der Waals surface area contributed by atoms with Crippen molar-refractivity contribution in [3.8, 4) is 0 Å². The second-order valence-corrected chi connectivity index (χ2v) is 3.77. The summed E-state index contributed by atoms with van der Waals surface area (Å²) in [7, 11) is 0. The molecule has 0 fully saturated rings. The van der Waals surface area contributed by atoms with Crippen molar-refractivity contribution in [1.29, 1.82) is 0 Å². The summed E-state index contributed by atoms with van der Waals surface area (Å²) in [4.78, 5) is 11.6. The van der Waals surface area contributed by atoms with Crippen molar-refractivity contribution in [3.05, 3.63) is 30.1 Å². The van der Waals surface area contributed by atoms with E-state index in [1.54, 1.807) is 0 Å². The summed E-state index contributed by atoms with van der Waals surface area (Å²) in [6.45, 7) is 2.51. The van der Waals surface area contributed by atoms with Gasteiger partial charge in [-0.1, -0.05) is 13.3 Å². The van der Waals surface area contributed by atoms with E-state index in [1.165, 1.54) is 24.3 Å². The molecule has 1 aromatic carbocycles. The number of carbonyl (C=O) groups is 1. The van der Waals surface area contributed by atoms with Crippen LogP contribution in [-0.2, 0) is 4.79 Å². The second-order valence-electron chi connectivity index (χ2n) is 3.77. The number of amides is 1. The largest absolute Gasteiger partial charge is 0.330 e. The first-order valence-electron chi connectivity index (χ1n) is 5.41. The van der Waals surface area contributed by atoms with E-state index in [1.807, 2.05) is 6.92 Å². The zero-order valence-electron chi connectivity index (χ0n) is 9.37. The lowest BCUT2D eigenvalue weighted by Crippen LogP contribution is -2.21. The van der Waals surface area contributed by atoms with E-state index in [-0.39, 0.29) is 17.6 Å². The maximum Gasteiger partial charge on any atom is 0.224 e. The smallest absolute Gasteiger partial charge is 0.224 e. The van der Waals surface area contributed by atoms with E-state index in [9.17, 15) is 9.18 Å². The molecule has 1 unspecified atom stereocenters. The topological polar surface area (TPSA) is 55.1 Å². The predicted molar refractivity (Wildman–Crippen MR) is 62.5 cm³/mol. The molecule has 3 nitrogen and oxygen atoms in total. The molecule has 0 aliphatic rings. The number of rotatable bonds is 5. The standard InChI is InChI=1S/C12H17FN2O/c1-2-9(8-14)7-12(16)15-11-5-3-10(13)4-6-11/h3-6,9H,2,7-8,14H2,1H3,(H,15,16). The Morgan fingerprint density at radius 3 is 2.56 bits per heavy atom. The Morgan fingerprint density at radius 1 is 1.44 bits per heavy atom. The summed E-state index contributed by atoms with van der Waals surface area (Å²) in [6, 6.07) is 5.71. The van der Waals surface area contributed by atoms with E-state index in [0.717, 1.165) is 6.42 Å². The Labute approximate surface area is 94.8 Å². The molecular weight excluding hydrogens is 207 g/mol. The fraction of sp³-hybridized carbons (Fsp3) is 0.417. The third kappa shape index (κ3) is 3.98. The lowest BCUT2D eigenvalue weighted by molar-refractivity contribution is -0.117. The molecule has 0 bridgehead atoms. The summed E-state index contributed by atoms with van der Waals surface area (Å²) in [5, 5.41) is 2.71. The van der Waals surface area contributed by atoms with Crippen molar-refractivity contribution >= 4 is 11.6 Å². The first-order valence-corrected chi connectivity index (χ1v) is 5.41. The molecule has 0 aliphatic carbocycles. The zero-order chi connectivity index (χ0) is 12.0. The molecule has 1 aromatic rings. The molecule has 1 rings (SSSR count). The maximum absolute atomic E-state index is 12.6. The van der Waals surface area contributed by atoms with Crippen LogP contribution in [0.5, 0.6) is 0 Å². The molecule has 0 saturated heterocycles. The van der Waals surface area contributed by atoms with Gasteiger partial charge in [-0.15, -0.1) is 0 Å². The highest BCUT2D eigenvalue weighted by Gasteiger charge is 2.10. The third-order valence-electron chi connectivity index (χ3n) is 2.51. The van der Waals surface area contributed by atoms with Crippen molar-refractivity contribution in [3.63, 3.8) is 0 Å². The number of hydrogen-bond donors (Lipinski definition) is 2. The molecule has 0 aliphatic heterocycles. The molecule has 0 spiro atoms. The normalized spacial score (nSPS) is 12.2. The van der Waals surface area contributed by atoms with E-state index in [2.05, 4.69) is 5.32 Å². The lowest BCUT2D eigenvalue weighted by atomic mass is 10.0. The van der Waals surface area contributed by atoms with Gasteiger partial charge in [-0.3, -0.25) is 4.79 Å². The highest BCUT2D eigenvalue weighted by Crippen LogP contribution is 2.11. The monoisotopic (exact) mass is 224 g/mol. The Kier molecular flexibility index (Phi) is 4.92. The number of nitrogens with two attached hydrogens (primary N) is 1. The Hall–Kier alpha value is -1.42. The summed E-state index contributed by atoms with van der Waals surface area (Å²) in [5.41, 5.74) is 6.12. The van der Waals surface area contributed by atoms with Crippen LogP contribution in [0.3, 0.4) is 0 Å². The van der Waals surface area contributed by atoms with Gasteiger partial charge in [-0.05, 0) is 36.7 Å². The number of halogens is 1. The number of carbonyl (C=O) groups excluding carboxylic acids is 1. The van der Waals surface area contributed by atoms with E-state index in [4.69, 9.17) is 5.73 Å². The van der Waals surface area contributed by atoms with Crippen LogP contribution in [0.2, 0.25) is 0 Å². The van der Waals surface area contributed by atoms with Gasteiger partial charge in [-0.25, -0.2) is 4.39 Å². The Morgan fingerprint density at radius 2 is 2.06 bits per heavy atom. The van der Waals surface area contributed by atoms with E-state index < -0.39 is 0 Å². The fourth-order valence-corrected chi connectivity index (χ4v) is 1.40. The minimum atomic E-state index is -0.314. The molecule has 0 heterocycles. The molecule has 0 aromatic heterocycles. The summed E-state index contributed by atoms with van der Waals surface area (Å²) in [5.74, 6) is -0.184. The van der Waals surface area contributed by atoms with Crippen LogP contribution >= 0.6 is 0 Å². The number of nitrogens with one attached hydrogen (secondary N) is 1. The van der Waals surface area contributed by atoms with Gasteiger partial charge in [0, 0.05) is 12.1 Å². The predicted octanol–water partition coefficient (Wildman–Crippen LogP) is 2.14. The van der Waals surface area contributed by atoms with Crippen molar-refractivity contribution in [2.75, 3.05) is 11.9 Å². The molecule has 1 atom stereocenters. The van der Waals surface area contributed by atoms with Gasteiger partial charge >= 0.3 is 0 Å². The van der Waals surface area contributed by atoms with Gasteiger partial charge in [-0.2, -0.15) is 0 Å². The first kappa shape index (κ1) is 12.6. The molecular formula is C12H17FN2O. The fourth-order valence-electron chi connectivity index (χ4n) is 1.40. The molecule has 16 heavy (non-hydrogen) atoms. The molecule has 88 valence electrons. The highest BCUT2D eigenvalue weighted by molar-refractivity contribution is 5.90. The van der Waals surface area contributed by atoms with Gasteiger partial charge in [0.15, 0.2) is 0 Å². The molecule has 0 radical (unpaired) electrons. The Bertz CT molecular complexity index is 333. The second kappa shape index (κ2) is 6.23. The van der Waals surface area contributed by atoms with Crippen LogP contribution < -0.4 is 11.1 Å². The van der Waals surface area contributed by atoms with Crippen molar-refractivity contribution < 1.29 is 9.18 Å². The van der Waals surface area contributed by atoms with Crippen LogP contribution in [0, 0.1) is 11.7 Å². The SMILES string of the molecule is CCC(CN)CC(=O)Nc1ccc(F)cc1. The van der Waals surface area contributed by atoms with Gasteiger partial charge < -0.3 is 11.1 Å². The molecule has 0 saturated carbocycles. The van der Waals surface area contributed by atoms with Crippen LogP contribution in [0.1, 0.15) is 19.8 Å². The maximum atomic E-state index is 12.6. The summed E-state index contributed by atoms with van der Waals surface area (Å²) < 4.78 is 12.6. The minimum absolute atomic E-state index is 0.0797. The lowest BCUT2D eigenvalue weighted by Gasteiger charge is -2.11. The molecule has 4 heteroatoms. The van der Waals surface area contributed by atoms with Crippen LogP contribution in [0.4, 0.5) is 10.1 Å². The number of hydrogen-bond acceptors (Lipinski definition) is 2. The van der Waals surface area contributed by atoms with Gasteiger partial charge in [0.25, 0.3) is 0 Å². The quantitative estimate of drug-likeness (QED) is 0.805. The molecule has 1 amide bonds. The molecule has 3 N–H and O–H groups in total. The number of anilines is 1. The average molecular weight is 224 g/mol. The van der Waals surface area contributed by atoms with Crippen LogP contribution in [0.25, 0.3) is 0 Å². The van der Waals surface area contributed by atoms with Crippen LogP contribution in [-0.4, -0.2) is 12.5 Å². The van der Waals surface area contributed by atoms with Crippen molar-refractivity contribution in [2.45, 2.75) is 19.8 Å². The van der Waals surface area contributed by atoms with Gasteiger partial charge in [0.05, 0.1) is 0 Å². The van der Waals surface area contributed by atoms with E-state index >= 15 is 0 Å². The number of benzene rings is 1.